The number of hydrogen-bond acceptors (Lipinski definition) is 4. The number of benzene rings is 2. The number of fused-ring (bicyclic) bond motifs is 1. The van der Waals surface area contributed by atoms with Crippen molar-refractivity contribution in [3.63, 3.8) is 0 Å². The normalized spacial score (nSPS) is 12.1. The fraction of sp³-hybridized carbons (Fsp3) is 0.154. The van der Waals surface area contributed by atoms with Gasteiger partial charge in [0.05, 0.1) is 11.4 Å². The molecule has 3 heterocycles. The third-order valence-corrected chi connectivity index (χ3v) is 6.41. The van der Waals surface area contributed by atoms with Gasteiger partial charge >= 0.3 is 0 Å². The summed E-state index contributed by atoms with van der Waals surface area (Å²) >= 11 is 6.19. The van der Waals surface area contributed by atoms with Gasteiger partial charge in [0, 0.05) is 23.1 Å². The standard InChI is InChI=1S/C26H23ClN6O2/c1-16-20(27)12-9-13-21(16)28-24(34)18(3)32-26(35)22-23(17(2)29-32)30-33(19-10-5-4-6-11-19)25(22)31-14-7-8-15-31/h4-15,18H,1-3H3,(H,28,34). The van der Waals surface area contributed by atoms with Gasteiger partial charge in [0.2, 0.25) is 5.91 Å². The highest BCUT2D eigenvalue weighted by atomic mass is 35.5. The molecule has 0 saturated heterocycles. The molecule has 3 aromatic heterocycles. The van der Waals surface area contributed by atoms with Gasteiger partial charge in [-0.1, -0.05) is 35.9 Å². The lowest BCUT2D eigenvalue weighted by Gasteiger charge is -2.16. The Morgan fingerprint density at radius 3 is 2.40 bits per heavy atom. The topological polar surface area (TPSA) is 86.7 Å². The Kier molecular flexibility index (Phi) is 5.74. The van der Waals surface area contributed by atoms with E-state index in [2.05, 4.69) is 10.4 Å². The lowest BCUT2D eigenvalue weighted by atomic mass is 10.2. The van der Waals surface area contributed by atoms with Crippen LogP contribution in [-0.4, -0.2) is 30.0 Å². The monoisotopic (exact) mass is 486 g/mol. The Bertz CT molecular complexity index is 1600. The highest BCUT2D eigenvalue weighted by molar-refractivity contribution is 6.31. The van der Waals surface area contributed by atoms with Crippen molar-refractivity contribution in [2.24, 2.45) is 0 Å². The number of anilines is 1. The number of aromatic nitrogens is 5. The number of aryl methyl sites for hydroxylation is 1. The van der Waals surface area contributed by atoms with Gasteiger partial charge in [-0.3, -0.25) is 9.59 Å². The maximum absolute atomic E-state index is 13.8. The third-order valence-electron chi connectivity index (χ3n) is 6.01. The molecule has 0 spiro atoms. The van der Waals surface area contributed by atoms with Crippen LogP contribution in [-0.2, 0) is 4.79 Å². The Morgan fingerprint density at radius 1 is 0.971 bits per heavy atom. The predicted octanol–water partition coefficient (Wildman–Crippen LogP) is 4.84. The minimum atomic E-state index is -0.874. The zero-order chi connectivity index (χ0) is 24.7. The van der Waals surface area contributed by atoms with E-state index in [1.54, 1.807) is 36.7 Å². The summed E-state index contributed by atoms with van der Waals surface area (Å²) in [5.41, 5.74) is 2.77. The molecule has 1 amide bonds. The smallest absolute Gasteiger partial charge is 0.280 e. The van der Waals surface area contributed by atoms with Gasteiger partial charge in [-0.2, -0.15) is 10.2 Å². The molecule has 0 bridgehead atoms. The molecule has 176 valence electrons. The Hall–Kier alpha value is -4.17. The average molecular weight is 487 g/mol. The zero-order valence-corrected chi connectivity index (χ0v) is 20.2. The number of nitrogens with one attached hydrogen (secondary N) is 1. The van der Waals surface area contributed by atoms with Crippen LogP contribution in [0.2, 0.25) is 5.02 Å². The summed E-state index contributed by atoms with van der Waals surface area (Å²) in [6.07, 6.45) is 3.71. The Morgan fingerprint density at radius 2 is 1.69 bits per heavy atom. The predicted molar refractivity (Wildman–Crippen MR) is 137 cm³/mol. The van der Waals surface area contributed by atoms with Crippen LogP contribution >= 0.6 is 11.6 Å². The second-order valence-electron chi connectivity index (χ2n) is 8.30. The highest BCUT2D eigenvalue weighted by Gasteiger charge is 2.25. The number of halogens is 1. The van der Waals surface area contributed by atoms with Gasteiger partial charge in [-0.15, -0.1) is 0 Å². The number of nitrogens with zero attached hydrogens (tertiary/aromatic N) is 5. The number of para-hydroxylation sites is 1. The second-order valence-corrected chi connectivity index (χ2v) is 8.70. The largest absolute Gasteiger partial charge is 0.324 e. The summed E-state index contributed by atoms with van der Waals surface area (Å²) in [4.78, 5) is 26.9. The molecule has 0 aliphatic heterocycles. The van der Waals surface area contributed by atoms with E-state index >= 15 is 0 Å². The van der Waals surface area contributed by atoms with Crippen molar-refractivity contribution in [2.75, 3.05) is 5.32 Å². The first-order chi connectivity index (χ1) is 16.9. The lowest BCUT2D eigenvalue weighted by molar-refractivity contribution is -0.119. The summed E-state index contributed by atoms with van der Waals surface area (Å²) in [6.45, 7) is 5.25. The lowest BCUT2D eigenvalue weighted by Crippen LogP contribution is -2.34. The van der Waals surface area contributed by atoms with Gasteiger partial charge in [0.1, 0.15) is 16.9 Å². The SMILES string of the molecule is Cc1c(Cl)cccc1NC(=O)C(C)n1nc(C)c2nn(-c3ccccc3)c(-n3cccc3)c2c1=O. The van der Waals surface area contributed by atoms with Gasteiger partial charge in [0.15, 0.2) is 5.82 Å². The molecular formula is C26H23ClN6O2. The molecule has 0 saturated carbocycles. The van der Waals surface area contributed by atoms with Crippen LogP contribution in [0.3, 0.4) is 0 Å². The van der Waals surface area contributed by atoms with Crippen LogP contribution in [0.25, 0.3) is 22.4 Å². The maximum atomic E-state index is 13.8. The van der Waals surface area contributed by atoms with E-state index < -0.39 is 11.6 Å². The molecule has 5 aromatic rings. The number of rotatable bonds is 5. The molecule has 0 radical (unpaired) electrons. The van der Waals surface area contributed by atoms with Crippen molar-refractivity contribution in [1.29, 1.82) is 0 Å². The molecule has 1 atom stereocenters. The molecule has 0 fully saturated rings. The number of amides is 1. The van der Waals surface area contributed by atoms with Crippen molar-refractivity contribution in [3.05, 3.63) is 99.7 Å². The summed E-state index contributed by atoms with van der Waals surface area (Å²) in [5.74, 6) is 0.209. The summed E-state index contributed by atoms with van der Waals surface area (Å²) in [5, 5.41) is 13.0. The quantitative estimate of drug-likeness (QED) is 0.385. The molecule has 0 aliphatic carbocycles. The van der Waals surface area contributed by atoms with Gasteiger partial charge < -0.3 is 9.88 Å². The first-order valence-corrected chi connectivity index (χ1v) is 11.5. The maximum Gasteiger partial charge on any atom is 0.280 e. The minimum Gasteiger partial charge on any atom is -0.324 e. The van der Waals surface area contributed by atoms with Crippen LogP contribution in [0.4, 0.5) is 5.69 Å². The van der Waals surface area contributed by atoms with E-state index in [1.165, 1.54) is 4.68 Å². The summed E-state index contributed by atoms with van der Waals surface area (Å²) in [6, 6.07) is 17.8. The fourth-order valence-electron chi connectivity index (χ4n) is 4.05. The number of carbonyl (C=O) groups excluding carboxylic acids is 1. The van der Waals surface area contributed by atoms with E-state index in [9.17, 15) is 9.59 Å². The molecule has 9 heteroatoms. The summed E-state index contributed by atoms with van der Waals surface area (Å²) < 4.78 is 4.79. The Balaban J connectivity index is 1.66. The molecule has 2 aromatic carbocycles. The van der Waals surface area contributed by atoms with Crippen LogP contribution in [0.15, 0.2) is 77.9 Å². The third kappa shape index (κ3) is 3.91. The molecule has 5 rings (SSSR count). The fourth-order valence-corrected chi connectivity index (χ4v) is 4.22. The van der Waals surface area contributed by atoms with Crippen LogP contribution in [0.1, 0.15) is 24.2 Å². The van der Waals surface area contributed by atoms with Crippen LogP contribution < -0.4 is 10.9 Å². The van der Waals surface area contributed by atoms with E-state index in [1.807, 2.05) is 66.3 Å². The van der Waals surface area contributed by atoms with Crippen molar-refractivity contribution < 1.29 is 4.79 Å². The molecular weight excluding hydrogens is 464 g/mol. The molecule has 0 aliphatic rings. The van der Waals surface area contributed by atoms with E-state index in [0.29, 0.717) is 33.1 Å². The van der Waals surface area contributed by atoms with Gasteiger partial charge in [-0.05, 0) is 62.7 Å². The average Bonchev–Trinajstić information content (AvgIpc) is 3.52. The van der Waals surface area contributed by atoms with Crippen LogP contribution in [0.5, 0.6) is 0 Å². The first-order valence-electron chi connectivity index (χ1n) is 11.1. The number of carbonyl (C=O) groups is 1. The molecule has 1 N–H and O–H groups in total. The van der Waals surface area contributed by atoms with Gasteiger partial charge in [0.25, 0.3) is 5.56 Å². The Labute approximate surface area is 206 Å². The molecule has 35 heavy (non-hydrogen) atoms. The van der Waals surface area contributed by atoms with E-state index in [0.717, 1.165) is 11.3 Å². The van der Waals surface area contributed by atoms with Gasteiger partial charge in [-0.25, -0.2) is 9.36 Å². The zero-order valence-electron chi connectivity index (χ0n) is 19.4. The molecule has 1 unspecified atom stereocenters. The molecule has 8 nitrogen and oxygen atoms in total. The van der Waals surface area contributed by atoms with Crippen molar-refractivity contribution in [1.82, 2.24) is 24.1 Å². The van der Waals surface area contributed by atoms with Crippen molar-refractivity contribution >= 4 is 34.1 Å². The number of hydrogen-bond donors (Lipinski definition) is 1. The van der Waals surface area contributed by atoms with Crippen molar-refractivity contribution in [3.8, 4) is 11.5 Å². The minimum absolute atomic E-state index is 0.373. The van der Waals surface area contributed by atoms with E-state index in [4.69, 9.17) is 16.7 Å². The second kappa shape index (κ2) is 8.88. The summed E-state index contributed by atoms with van der Waals surface area (Å²) in [7, 11) is 0. The first kappa shape index (κ1) is 22.6. The highest BCUT2D eigenvalue weighted by Crippen LogP contribution is 2.26. The van der Waals surface area contributed by atoms with Crippen molar-refractivity contribution in [2.45, 2.75) is 26.8 Å². The van der Waals surface area contributed by atoms with Crippen LogP contribution in [0, 0.1) is 13.8 Å². The van der Waals surface area contributed by atoms with E-state index in [-0.39, 0.29) is 5.91 Å².